The number of aromatic nitrogens is 5. The van der Waals surface area contributed by atoms with Crippen molar-refractivity contribution in [3.8, 4) is 0 Å². The highest BCUT2D eigenvalue weighted by atomic mass is 35.5. The van der Waals surface area contributed by atoms with Crippen LogP contribution in [0.15, 0.2) is 39.2 Å². The number of benzene rings is 1. The molecule has 0 spiro atoms. The van der Waals surface area contributed by atoms with Crippen molar-refractivity contribution >= 4 is 45.7 Å². The molecule has 0 atom stereocenters. The Balaban J connectivity index is 1.55. The quantitative estimate of drug-likeness (QED) is 0.461. The molecule has 11 heteroatoms. The second kappa shape index (κ2) is 8.12. The number of thiazole rings is 1. The molecule has 0 bridgehead atoms. The largest absolute Gasteiger partial charge is 0.332 e. The number of rotatable bonds is 5. The third-order valence-electron chi connectivity index (χ3n) is 4.87. The third-order valence-corrected chi connectivity index (χ3v) is 6.05. The minimum absolute atomic E-state index is 0.0833. The van der Waals surface area contributed by atoms with Crippen LogP contribution in [0.3, 0.4) is 0 Å². The second-order valence-electron chi connectivity index (χ2n) is 7.17. The first kappa shape index (κ1) is 21.0. The summed E-state index contributed by atoms with van der Waals surface area (Å²) in [6.45, 7) is 2.17. The van der Waals surface area contributed by atoms with Gasteiger partial charge in [0.15, 0.2) is 11.2 Å². The first-order valence-corrected chi connectivity index (χ1v) is 10.6. The number of nitrogens with one attached hydrogen (secondary N) is 1. The van der Waals surface area contributed by atoms with Crippen molar-refractivity contribution in [1.29, 1.82) is 0 Å². The molecule has 0 aliphatic carbocycles. The molecule has 1 amide bonds. The van der Waals surface area contributed by atoms with E-state index in [2.05, 4.69) is 15.3 Å². The molecule has 3 heterocycles. The Labute approximate surface area is 185 Å². The maximum absolute atomic E-state index is 12.6. The summed E-state index contributed by atoms with van der Waals surface area (Å²) in [6, 6.07) is 7.55. The van der Waals surface area contributed by atoms with Gasteiger partial charge in [0.25, 0.3) is 5.56 Å². The summed E-state index contributed by atoms with van der Waals surface area (Å²) in [4.78, 5) is 45.7. The second-order valence-corrected chi connectivity index (χ2v) is 8.45. The molecule has 0 radical (unpaired) electrons. The number of anilines is 1. The van der Waals surface area contributed by atoms with Gasteiger partial charge in [-0.2, -0.15) is 4.98 Å². The van der Waals surface area contributed by atoms with Crippen molar-refractivity contribution in [1.82, 2.24) is 23.7 Å². The summed E-state index contributed by atoms with van der Waals surface area (Å²) >= 11 is 7.61. The molecule has 1 N–H and O–H groups in total. The average molecular weight is 459 g/mol. The number of hydrogen-bond donors (Lipinski definition) is 1. The number of fused-ring (bicyclic) bond motifs is 1. The van der Waals surface area contributed by atoms with Gasteiger partial charge in [0.1, 0.15) is 5.01 Å². The van der Waals surface area contributed by atoms with Crippen LogP contribution in [0.4, 0.5) is 5.69 Å². The van der Waals surface area contributed by atoms with Gasteiger partial charge in [-0.15, -0.1) is 11.3 Å². The van der Waals surface area contributed by atoms with Crippen molar-refractivity contribution in [3.63, 3.8) is 0 Å². The molecule has 0 saturated heterocycles. The number of halogens is 1. The number of aryl methyl sites for hydroxylation is 2. The summed E-state index contributed by atoms with van der Waals surface area (Å²) in [5, 5.41) is 5.38. The molecule has 3 aromatic heterocycles. The predicted molar refractivity (Wildman–Crippen MR) is 120 cm³/mol. The van der Waals surface area contributed by atoms with Crippen LogP contribution < -0.4 is 16.6 Å². The van der Waals surface area contributed by atoms with Gasteiger partial charge in [0.05, 0.1) is 18.7 Å². The topological polar surface area (TPSA) is 104 Å². The number of carbonyl (C=O) groups excluding carboxylic acids is 1. The van der Waals surface area contributed by atoms with E-state index in [1.165, 1.54) is 34.6 Å². The Morgan fingerprint density at radius 3 is 2.55 bits per heavy atom. The Morgan fingerprint density at radius 1 is 1.13 bits per heavy atom. The van der Waals surface area contributed by atoms with Crippen LogP contribution in [-0.4, -0.2) is 29.6 Å². The summed E-state index contributed by atoms with van der Waals surface area (Å²) in [7, 11) is 2.94. The summed E-state index contributed by atoms with van der Waals surface area (Å²) < 4.78 is 3.81. The number of imidazole rings is 1. The van der Waals surface area contributed by atoms with Crippen LogP contribution >= 0.6 is 22.9 Å². The van der Waals surface area contributed by atoms with Gasteiger partial charge in [-0.05, 0) is 30.7 Å². The number of amides is 1. The van der Waals surface area contributed by atoms with E-state index in [9.17, 15) is 14.4 Å². The summed E-state index contributed by atoms with van der Waals surface area (Å²) in [5.41, 5.74) is 1.96. The van der Waals surface area contributed by atoms with Crippen LogP contribution in [0.1, 0.15) is 16.3 Å². The average Bonchev–Trinajstić information content (AvgIpc) is 3.31. The van der Waals surface area contributed by atoms with Crippen molar-refractivity contribution in [2.24, 2.45) is 14.1 Å². The zero-order chi connectivity index (χ0) is 22.3. The van der Waals surface area contributed by atoms with E-state index in [1.54, 1.807) is 0 Å². The monoisotopic (exact) mass is 458 g/mol. The van der Waals surface area contributed by atoms with E-state index in [0.717, 1.165) is 15.8 Å². The maximum atomic E-state index is 12.6. The molecule has 0 saturated carbocycles. The molecule has 4 rings (SSSR count). The number of carbonyl (C=O) groups is 1. The van der Waals surface area contributed by atoms with Gasteiger partial charge < -0.3 is 9.88 Å². The summed E-state index contributed by atoms with van der Waals surface area (Å²) in [6.07, 6.45) is 0.132. The minimum Gasteiger partial charge on any atom is -0.326 e. The van der Waals surface area contributed by atoms with E-state index in [0.29, 0.717) is 10.7 Å². The molecule has 9 nitrogen and oxygen atoms in total. The normalized spacial score (nSPS) is 11.2. The fourth-order valence-electron chi connectivity index (χ4n) is 3.21. The highest BCUT2D eigenvalue weighted by Crippen LogP contribution is 2.19. The van der Waals surface area contributed by atoms with Crippen molar-refractivity contribution in [2.45, 2.75) is 19.9 Å². The molecule has 31 heavy (non-hydrogen) atoms. The van der Waals surface area contributed by atoms with Crippen LogP contribution in [0.2, 0.25) is 5.28 Å². The lowest BCUT2D eigenvalue weighted by Gasteiger charge is -2.06. The Kier molecular flexibility index (Phi) is 5.50. The Bertz CT molecular complexity index is 1410. The zero-order valence-electron chi connectivity index (χ0n) is 17.0. The molecule has 0 fully saturated rings. The molecule has 0 aliphatic heterocycles. The molecule has 0 aliphatic rings. The van der Waals surface area contributed by atoms with Crippen LogP contribution in [0.5, 0.6) is 0 Å². The van der Waals surface area contributed by atoms with Crippen LogP contribution in [0.25, 0.3) is 11.2 Å². The first-order valence-electron chi connectivity index (χ1n) is 9.36. The molecule has 160 valence electrons. The highest BCUT2D eigenvalue weighted by molar-refractivity contribution is 7.09. The highest BCUT2D eigenvalue weighted by Gasteiger charge is 2.19. The lowest BCUT2D eigenvalue weighted by molar-refractivity contribution is -0.115. The van der Waals surface area contributed by atoms with Crippen LogP contribution in [0, 0.1) is 6.92 Å². The van der Waals surface area contributed by atoms with Gasteiger partial charge in [-0.25, -0.2) is 9.78 Å². The van der Waals surface area contributed by atoms with Gasteiger partial charge in [0.2, 0.25) is 11.2 Å². The van der Waals surface area contributed by atoms with Gasteiger partial charge in [-0.3, -0.25) is 18.7 Å². The Morgan fingerprint density at radius 2 is 1.84 bits per heavy atom. The SMILES string of the molecule is Cc1ccc(NC(=O)Cc2nc(Cn3c(Cl)nc4c3c(=O)n(C)c(=O)n4C)cs2)cc1. The molecular formula is C20H19ClN6O3S. The van der Waals surface area contributed by atoms with Gasteiger partial charge in [-0.1, -0.05) is 17.7 Å². The summed E-state index contributed by atoms with van der Waals surface area (Å²) in [5.74, 6) is -0.167. The fourth-order valence-corrected chi connectivity index (χ4v) is 4.22. The zero-order valence-corrected chi connectivity index (χ0v) is 18.6. The minimum atomic E-state index is -0.481. The molecule has 1 aromatic carbocycles. The van der Waals surface area contributed by atoms with Crippen LogP contribution in [-0.2, 0) is 31.9 Å². The van der Waals surface area contributed by atoms with E-state index >= 15 is 0 Å². The first-order chi connectivity index (χ1) is 14.7. The molecule has 4 aromatic rings. The van der Waals surface area contributed by atoms with E-state index in [-0.39, 0.29) is 35.3 Å². The fraction of sp³-hybridized carbons (Fsp3) is 0.250. The van der Waals surface area contributed by atoms with Crippen molar-refractivity contribution in [3.05, 3.63) is 72.0 Å². The standard InChI is InChI=1S/C20H19ClN6O3S/c1-11-4-6-12(7-5-11)22-14(28)8-15-23-13(10-31-15)9-27-16-17(24-19(27)21)25(2)20(30)26(3)18(16)29/h4-7,10H,8-9H2,1-3H3,(H,22,28). The smallest absolute Gasteiger partial charge is 0.326 e. The van der Waals surface area contributed by atoms with Gasteiger partial charge >= 0.3 is 5.69 Å². The molecular weight excluding hydrogens is 440 g/mol. The molecule has 0 unspecified atom stereocenters. The number of hydrogen-bond acceptors (Lipinski definition) is 6. The third kappa shape index (κ3) is 4.04. The van der Waals surface area contributed by atoms with E-state index < -0.39 is 11.2 Å². The van der Waals surface area contributed by atoms with Crippen molar-refractivity contribution in [2.75, 3.05) is 5.32 Å². The Hall–Kier alpha value is -3.24. The van der Waals surface area contributed by atoms with E-state index in [4.69, 9.17) is 11.6 Å². The lowest BCUT2D eigenvalue weighted by atomic mass is 10.2. The van der Waals surface area contributed by atoms with Crippen molar-refractivity contribution < 1.29 is 4.79 Å². The predicted octanol–water partition coefficient (Wildman–Crippen LogP) is 2.08. The van der Waals surface area contributed by atoms with E-state index in [1.807, 2.05) is 36.6 Å². The van der Waals surface area contributed by atoms with Gasteiger partial charge in [0, 0.05) is 25.2 Å². The number of nitrogens with zero attached hydrogens (tertiary/aromatic N) is 5. The maximum Gasteiger partial charge on any atom is 0.332 e. The lowest BCUT2D eigenvalue weighted by Crippen LogP contribution is -2.37.